The van der Waals surface area contributed by atoms with E-state index >= 15 is 0 Å². The van der Waals surface area contributed by atoms with Crippen LogP contribution in [0.2, 0.25) is 0 Å². The Balaban J connectivity index is 2.19. The molecule has 1 fully saturated rings. The van der Waals surface area contributed by atoms with Crippen LogP contribution in [0.15, 0.2) is 0 Å². The Bertz CT molecular complexity index is 136. The van der Waals surface area contributed by atoms with E-state index in [1.807, 2.05) is 6.92 Å². The molecule has 10 heavy (non-hydrogen) atoms. The summed E-state index contributed by atoms with van der Waals surface area (Å²) in [6.45, 7) is 2.29. The van der Waals surface area contributed by atoms with Crippen LogP contribution in [0.25, 0.3) is 0 Å². The first kappa shape index (κ1) is 7.86. The third kappa shape index (κ3) is 1.63. The van der Waals surface area contributed by atoms with Crippen LogP contribution in [-0.4, -0.2) is 18.5 Å². The van der Waals surface area contributed by atoms with Crippen molar-refractivity contribution in [1.29, 1.82) is 0 Å². The number of rotatable bonds is 3. The summed E-state index contributed by atoms with van der Waals surface area (Å²) < 4.78 is 4.80. The number of alkyl halides is 1. The van der Waals surface area contributed by atoms with Crippen LogP contribution < -0.4 is 0 Å². The molecule has 0 spiro atoms. The number of halogens is 1. The van der Waals surface area contributed by atoms with Crippen LogP contribution in [0.4, 0.5) is 0 Å². The molecule has 1 rings (SSSR count). The highest BCUT2D eigenvalue weighted by molar-refractivity contribution is 6.18. The van der Waals surface area contributed by atoms with Crippen LogP contribution >= 0.6 is 11.6 Å². The fourth-order valence-corrected chi connectivity index (χ4v) is 1.30. The predicted molar refractivity (Wildman–Crippen MR) is 39.0 cm³/mol. The van der Waals surface area contributed by atoms with E-state index in [1.165, 1.54) is 0 Å². The predicted octanol–water partition coefficient (Wildman–Crippen LogP) is 1.42. The third-order valence-corrected chi connectivity index (χ3v) is 2.11. The molecule has 0 saturated heterocycles. The monoisotopic (exact) mass is 162 g/mol. The number of ether oxygens (including phenoxy) is 1. The minimum absolute atomic E-state index is 0.0758. The quantitative estimate of drug-likeness (QED) is 0.464. The molecule has 0 aromatic carbocycles. The molecule has 0 N–H and O–H groups in total. The van der Waals surface area contributed by atoms with Gasteiger partial charge in [0.05, 0.1) is 12.5 Å². The molecule has 0 bridgehead atoms. The van der Waals surface area contributed by atoms with Gasteiger partial charge in [0.15, 0.2) is 0 Å². The van der Waals surface area contributed by atoms with Gasteiger partial charge in [-0.25, -0.2) is 0 Å². The molecule has 1 aliphatic rings. The van der Waals surface area contributed by atoms with Crippen LogP contribution in [0.5, 0.6) is 0 Å². The van der Waals surface area contributed by atoms with E-state index in [9.17, 15) is 4.79 Å². The molecule has 0 unspecified atom stereocenters. The zero-order valence-corrected chi connectivity index (χ0v) is 6.73. The molecule has 2 nitrogen and oxygen atoms in total. The molecule has 1 aliphatic carbocycles. The van der Waals surface area contributed by atoms with Crippen molar-refractivity contribution >= 4 is 17.6 Å². The molecule has 0 radical (unpaired) electrons. The van der Waals surface area contributed by atoms with Crippen molar-refractivity contribution in [2.75, 3.05) is 12.5 Å². The Hall–Kier alpha value is -0.240. The lowest BCUT2D eigenvalue weighted by Crippen LogP contribution is -2.07. The molecule has 0 heterocycles. The van der Waals surface area contributed by atoms with Gasteiger partial charge < -0.3 is 4.74 Å². The maximum atomic E-state index is 10.9. The average Bonchev–Trinajstić information content (AvgIpc) is 2.66. The van der Waals surface area contributed by atoms with E-state index < -0.39 is 0 Å². The second-order valence-corrected chi connectivity index (χ2v) is 2.82. The zero-order valence-electron chi connectivity index (χ0n) is 5.97. The first-order valence-corrected chi connectivity index (χ1v) is 4.05. The number of hydrogen-bond donors (Lipinski definition) is 0. The van der Waals surface area contributed by atoms with Crippen molar-refractivity contribution in [3.05, 3.63) is 0 Å². The van der Waals surface area contributed by atoms with Gasteiger partial charge in [0.2, 0.25) is 0 Å². The molecule has 2 atom stereocenters. The van der Waals surface area contributed by atoms with Crippen LogP contribution in [0.1, 0.15) is 13.3 Å². The molecule has 0 amide bonds. The van der Waals surface area contributed by atoms with Crippen LogP contribution in [0, 0.1) is 11.8 Å². The molecule has 1 saturated carbocycles. The Kier molecular flexibility index (Phi) is 2.55. The number of esters is 1. The Labute approximate surface area is 65.5 Å². The van der Waals surface area contributed by atoms with Crippen LogP contribution in [-0.2, 0) is 9.53 Å². The number of hydrogen-bond acceptors (Lipinski definition) is 2. The summed E-state index contributed by atoms with van der Waals surface area (Å²) in [7, 11) is 0. The van der Waals surface area contributed by atoms with Gasteiger partial charge >= 0.3 is 5.97 Å². The molecule has 0 aromatic rings. The second kappa shape index (κ2) is 3.24. The van der Waals surface area contributed by atoms with E-state index in [0.29, 0.717) is 18.4 Å². The SMILES string of the molecule is CCOC(=O)[C@H]1C[C@H]1CCl. The zero-order chi connectivity index (χ0) is 7.56. The molecule has 0 aliphatic heterocycles. The van der Waals surface area contributed by atoms with Crippen molar-refractivity contribution in [3.8, 4) is 0 Å². The van der Waals surface area contributed by atoms with E-state index in [-0.39, 0.29) is 11.9 Å². The highest BCUT2D eigenvalue weighted by Gasteiger charge is 2.43. The lowest BCUT2D eigenvalue weighted by Gasteiger charge is -1.97. The van der Waals surface area contributed by atoms with Gasteiger partial charge in [-0.2, -0.15) is 0 Å². The Morgan fingerprint density at radius 2 is 2.50 bits per heavy atom. The van der Waals surface area contributed by atoms with Gasteiger partial charge in [-0.15, -0.1) is 11.6 Å². The summed E-state index contributed by atoms with van der Waals surface area (Å²) >= 11 is 5.53. The lowest BCUT2D eigenvalue weighted by molar-refractivity contribution is -0.144. The molecular weight excluding hydrogens is 152 g/mol. The van der Waals surface area contributed by atoms with Gasteiger partial charge in [0.1, 0.15) is 0 Å². The number of carbonyl (C=O) groups excluding carboxylic acids is 1. The van der Waals surface area contributed by atoms with Crippen molar-refractivity contribution < 1.29 is 9.53 Å². The van der Waals surface area contributed by atoms with Crippen molar-refractivity contribution in [2.24, 2.45) is 11.8 Å². The van der Waals surface area contributed by atoms with Gasteiger partial charge in [-0.3, -0.25) is 4.79 Å². The smallest absolute Gasteiger partial charge is 0.309 e. The standard InChI is InChI=1S/C7H11ClO2/c1-2-10-7(9)6-3-5(6)4-8/h5-6H,2-4H2,1H3/t5-,6-/m0/s1. The largest absolute Gasteiger partial charge is 0.466 e. The van der Waals surface area contributed by atoms with Crippen molar-refractivity contribution in [3.63, 3.8) is 0 Å². The highest BCUT2D eigenvalue weighted by atomic mass is 35.5. The van der Waals surface area contributed by atoms with E-state index in [0.717, 1.165) is 6.42 Å². The fourth-order valence-electron chi connectivity index (χ4n) is 0.956. The summed E-state index contributed by atoms with van der Waals surface area (Å²) in [4.78, 5) is 10.9. The minimum Gasteiger partial charge on any atom is -0.466 e. The number of carbonyl (C=O) groups is 1. The Morgan fingerprint density at radius 1 is 1.80 bits per heavy atom. The fraction of sp³-hybridized carbons (Fsp3) is 0.857. The van der Waals surface area contributed by atoms with E-state index in [4.69, 9.17) is 16.3 Å². The first-order chi connectivity index (χ1) is 4.79. The van der Waals surface area contributed by atoms with E-state index in [2.05, 4.69) is 0 Å². The second-order valence-electron chi connectivity index (χ2n) is 2.51. The lowest BCUT2D eigenvalue weighted by atomic mass is 10.3. The first-order valence-electron chi connectivity index (χ1n) is 3.52. The molecule has 58 valence electrons. The summed E-state index contributed by atoms with van der Waals surface area (Å²) in [5.41, 5.74) is 0. The van der Waals surface area contributed by atoms with Crippen molar-refractivity contribution in [1.82, 2.24) is 0 Å². The van der Waals surface area contributed by atoms with Gasteiger partial charge in [0, 0.05) is 5.88 Å². The van der Waals surface area contributed by atoms with E-state index in [1.54, 1.807) is 0 Å². The minimum atomic E-state index is -0.0758. The maximum absolute atomic E-state index is 10.9. The normalized spacial score (nSPS) is 29.8. The molecule has 0 aromatic heterocycles. The Morgan fingerprint density at radius 3 is 2.90 bits per heavy atom. The summed E-state index contributed by atoms with van der Waals surface area (Å²) in [5.74, 6) is 1.01. The highest BCUT2D eigenvalue weighted by Crippen LogP contribution is 2.40. The third-order valence-electron chi connectivity index (χ3n) is 1.71. The molecule has 3 heteroatoms. The summed E-state index contributed by atoms with van der Waals surface area (Å²) in [6, 6.07) is 0. The van der Waals surface area contributed by atoms with Gasteiger partial charge in [0.25, 0.3) is 0 Å². The molecular formula is C7H11ClO2. The van der Waals surface area contributed by atoms with Crippen molar-refractivity contribution in [2.45, 2.75) is 13.3 Å². The summed E-state index contributed by atoms with van der Waals surface area (Å²) in [6.07, 6.45) is 0.919. The topological polar surface area (TPSA) is 26.3 Å². The average molecular weight is 163 g/mol. The maximum Gasteiger partial charge on any atom is 0.309 e. The van der Waals surface area contributed by atoms with Gasteiger partial charge in [-0.1, -0.05) is 0 Å². The summed E-state index contributed by atoms with van der Waals surface area (Å²) in [5, 5.41) is 0. The van der Waals surface area contributed by atoms with Crippen LogP contribution in [0.3, 0.4) is 0 Å². The van der Waals surface area contributed by atoms with Gasteiger partial charge in [-0.05, 0) is 19.3 Å².